The van der Waals surface area contributed by atoms with Crippen LogP contribution in [-0.4, -0.2) is 23.8 Å². The van der Waals surface area contributed by atoms with Gasteiger partial charge in [0, 0.05) is 17.4 Å². The number of nitrogens with one attached hydrogen (secondary N) is 1. The van der Waals surface area contributed by atoms with Crippen LogP contribution in [-0.2, 0) is 6.42 Å². The standard InChI is InChI=1S/C13H18BrNO/c1-9-5-11(6-10(2)12(9)14)7-13(16)3-4-15-8-13/h5-6,15-16H,3-4,7-8H2,1-2H3. The van der Waals surface area contributed by atoms with Gasteiger partial charge < -0.3 is 10.4 Å². The maximum atomic E-state index is 10.3. The van der Waals surface area contributed by atoms with E-state index in [1.807, 2.05) is 0 Å². The summed E-state index contributed by atoms with van der Waals surface area (Å²) < 4.78 is 1.17. The molecule has 2 rings (SSSR count). The lowest BCUT2D eigenvalue weighted by Crippen LogP contribution is -2.33. The third-order valence-corrected chi connectivity index (χ3v) is 4.50. The summed E-state index contributed by atoms with van der Waals surface area (Å²) in [6.07, 6.45) is 1.59. The Kier molecular flexibility index (Phi) is 3.38. The van der Waals surface area contributed by atoms with Crippen LogP contribution in [0.1, 0.15) is 23.1 Å². The summed E-state index contributed by atoms with van der Waals surface area (Å²) in [4.78, 5) is 0. The van der Waals surface area contributed by atoms with Crippen molar-refractivity contribution in [1.29, 1.82) is 0 Å². The van der Waals surface area contributed by atoms with Gasteiger partial charge in [-0.1, -0.05) is 28.1 Å². The largest absolute Gasteiger partial charge is 0.388 e. The van der Waals surface area contributed by atoms with Crippen LogP contribution in [0.25, 0.3) is 0 Å². The van der Waals surface area contributed by atoms with Crippen molar-refractivity contribution >= 4 is 15.9 Å². The van der Waals surface area contributed by atoms with Gasteiger partial charge in [0.05, 0.1) is 5.60 Å². The summed E-state index contributed by atoms with van der Waals surface area (Å²) in [5.41, 5.74) is 3.16. The number of halogens is 1. The zero-order chi connectivity index (χ0) is 11.8. The van der Waals surface area contributed by atoms with Crippen molar-refractivity contribution in [3.63, 3.8) is 0 Å². The van der Waals surface area contributed by atoms with Crippen molar-refractivity contribution in [1.82, 2.24) is 5.32 Å². The molecule has 1 saturated heterocycles. The van der Waals surface area contributed by atoms with Crippen LogP contribution < -0.4 is 5.32 Å². The first-order chi connectivity index (χ1) is 7.50. The van der Waals surface area contributed by atoms with Gasteiger partial charge in [-0.05, 0) is 43.5 Å². The Bertz CT molecular complexity index is 374. The van der Waals surface area contributed by atoms with E-state index >= 15 is 0 Å². The van der Waals surface area contributed by atoms with E-state index in [2.05, 4.69) is 47.2 Å². The van der Waals surface area contributed by atoms with E-state index in [1.54, 1.807) is 0 Å². The lowest BCUT2D eigenvalue weighted by atomic mass is 9.92. The summed E-state index contributed by atoms with van der Waals surface area (Å²) in [5, 5.41) is 13.5. The van der Waals surface area contributed by atoms with Crippen molar-refractivity contribution in [2.75, 3.05) is 13.1 Å². The molecule has 1 aliphatic rings. The second kappa shape index (κ2) is 4.47. The lowest BCUT2D eigenvalue weighted by Gasteiger charge is -2.22. The molecule has 0 saturated carbocycles. The maximum Gasteiger partial charge on any atom is 0.0823 e. The van der Waals surface area contributed by atoms with E-state index in [0.717, 1.165) is 19.4 Å². The van der Waals surface area contributed by atoms with Gasteiger partial charge in [0.1, 0.15) is 0 Å². The van der Waals surface area contributed by atoms with Crippen LogP contribution in [0.2, 0.25) is 0 Å². The molecule has 0 amide bonds. The Labute approximate surface area is 105 Å². The molecule has 1 aromatic carbocycles. The fraction of sp³-hybridized carbons (Fsp3) is 0.538. The average molecular weight is 284 g/mol. The van der Waals surface area contributed by atoms with Gasteiger partial charge in [0.15, 0.2) is 0 Å². The molecule has 0 radical (unpaired) electrons. The maximum absolute atomic E-state index is 10.3. The van der Waals surface area contributed by atoms with Crippen LogP contribution in [0.3, 0.4) is 0 Å². The van der Waals surface area contributed by atoms with E-state index in [-0.39, 0.29) is 0 Å². The number of aliphatic hydroxyl groups is 1. The summed E-state index contributed by atoms with van der Waals surface area (Å²) in [6.45, 7) is 5.82. The average Bonchev–Trinajstić information content (AvgIpc) is 2.61. The monoisotopic (exact) mass is 283 g/mol. The molecule has 1 fully saturated rings. The van der Waals surface area contributed by atoms with Crippen LogP contribution in [0, 0.1) is 13.8 Å². The number of rotatable bonds is 2. The molecule has 88 valence electrons. The van der Waals surface area contributed by atoms with Gasteiger partial charge in [0.25, 0.3) is 0 Å². The van der Waals surface area contributed by atoms with Gasteiger partial charge >= 0.3 is 0 Å². The molecule has 0 aliphatic carbocycles. The second-order valence-electron chi connectivity index (χ2n) is 4.87. The molecule has 16 heavy (non-hydrogen) atoms. The summed E-state index contributed by atoms with van der Waals surface area (Å²) in [7, 11) is 0. The molecular formula is C13H18BrNO. The fourth-order valence-corrected chi connectivity index (χ4v) is 2.63. The minimum absolute atomic E-state index is 0.549. The highest BCUT2D eigenvalue weighted by atomic mass is 79.9. The van der Waals surface area contributed by atoms with Gasteiger partial charge in [-0.2, -0.15) is 0 Å². The molecule has 0 bridgehead atoms. The van der Waals surface area contributed by atoms with E-state index in [9.17, 15) is 5.11 Å². The number of β-amino-alcohol motifs (C(OH)–C–C–N with tert-alkyl or cyclic N) is 1. The first-order valence-electron chi connectivity index (χ1n) is 5.69. The Balaban J connectivity index is 2.22. The second-order valence-corrected chi connectivity index (χ2v) is 5.66. The van der Waals surface area contributed by atoms with Crippen molar-refractivity contribution in [2.24, 2.45) is 0 Å². The third kappa shape index (κ3) is 2.47. The van der Waals surface area contributed by atoms with Gasteiger partial charge in [0.2, 0.25) is 0 Å². The lowest BCUT2D eigenvalue weighted by molar-refractivity contribution is 0.0619. The van der Waals surface area contributed by atoms with Crippen molar-refractivity contribution in [3.05, 3.63) is 33.3 Å². The molecule has 3 heteroatoms. The zero-order valence-electron chi connectivity index (χ0n) is 9.81. The molecule has 1 aliphatic heterocycles. The van der Waals surface area contributed by atoms with Crippen LogP contribution in [0.15, 0.2) is 16.6 Å². The first-order valence-corrected chi connectivity index (χ1v) is 6.48. The Morgan fingerprint density at radius 3 is 2.50 bits per heavy atom. The van der Waals surface area contributed by atoms with Crippen molar-refractivity contribution in [2.45, 2.75) is 32.3 Å². The van der Waals surface area contributed by atoms with Crippen LogP contribution in [0.4, 0.5) is 0 Å². The molecule has 0 aromatic heterocycles. The smallest absolute Gasteiger partial charge is 0.0823 e. The van der Waals surface area contributed by atoms with E-state index < -0.39 is 5.60 Å². The van der Waals surface area contributed by atoms with E-state index in [4.69, 9.17) is 0 Å². The number of aryl methyl sites for hydroxylation is 2. The Morgan fingerprint density at radius 2 is 2.00 bits per heavy atom. The topological polar surface area (TPSA) is 32.3 Å². The van der Waals surface area contributed by atoms with Gasteiger partial charge in [-0.25, -0.2) is 0 Å². The highest BCUT2D eigenvalue weighted by molar-refractivity contribution is 9.10. The highest BCUT2D eigenvalue weighted by Crippen LogP contribution is 2.26. The summed E-state index contributed by atoms with van der Waals surface area (Å²) in [5.74, 6) is 0. The Hall–Kier alpha value is -0.380. The quantitative estimate of drug-likeness (QED) is 0.873. The predicted octanol–water partition coefficient (Wildman–Crippen LogP) is 2.33. The molecule has 1 heterocycles. The highest BCUT2D eigenvalue weighted by Gasteiger charge is 2.31. The summed E-state index contributed by atoms with van der Waals surface area (Å²) in [6, 6.07) is 4.32. The summed E-state index contributed by atoms with van der Waals surface area (Å²) >= 11 is 3.56. The molecule has 2 nitrogen and oxygen atoms in total. The third-order valence-electron chi connectivity index (χ3n) is 3.25. The van der Waals surface area contributed by atoms with E-state index in [1.165, 1.54) is 21.2 Å². The van der Waals surface area contributed by atoms with Crippen LogP contribution in [0.5, 0.6) is 0 Å². The van der Waals surface area contributed by atoms with Crippen molar-refractivity contribution in [3.8, 4) is 0 Å². The zero-order valence-corrected chi connectivity index (χ0v) is 11.4. The molecule has 1 unspecified atom stereocenters. The SMILES string of the molecule is Cc1cc(CC2(O)CCNC2)cc(C)c1Br. The molecular weight excluding hydrogens is 266 g/mol. The number of hydrogen-bond acceptors (Lipinski definition) is 2. The first kappa shape index (κ1) is 12.1. The van der Waals surface area contributed by atoms with Crippen LogP contribution >= 0.6 is 15.9 Å². The minimum atomic E-state index is -0.549. The van der Waals surface area contributed by atoms with E-state index in [0.29, 0.717) is 6.54 Å². The minimum Gasteiger partial charge on any atom is -0.388 e. The molecule has 0 spiro atoms. The predicted molar refractivity (Wildman–Crippen MR) is 69.8 cm³/mol. The molecule has 2 N–H and O–H groups in total. The fourth-order valence-electron chi connectivity index (χ4n) is 2.40. The normalized spacial score (nSPS) is 25.0. The van der Waals surface area contributed by atoms with Crippen molar-refractivity contribution < 1.29 is 5.11 Å². The van der Waals surface area contributed by atoms with Gasteiger partial charge in [-0.3, -0.25) is 0 Å². The Morgan fingerprint density at radius 1 is 1.38 bits per heavy atom. The van der Waals surface area contributed by atoms with Gasteiger partial charge in [-0.15, -0.1) is 0 Å². The number of hydrogen-bond donors (Lipinski definition) is 2. The molecule has 1 aromatic rings. The number of benzene rings is 1. The molecule has 1 atom stereocenters.